The van der Waals surface area contributed by atoms with Gasteiger partial charge in [-0.2, -0.15) is 0 Å². The van der Waals surface area contributed by atoms with E-state index in [-0.39, 0.29) is 0 Å². The Bertz CT molecular complexity index is 184. The summed E-state index contributed by atoms with van der Waals surface area (Å²) in [5, 5.41) is 8.81. The predicted octanol–water partition coefficient (Wildman–Crippen LogP) is 3.00. The standard InChI is InChI=1S/C12H22O/c1-9-7-10(2)12(5-4-6-13)11(3)8-9/h7,10-13H,4-6,8H2,1-3H3. The first-order chi connectivity index (χ1) is 6.15. The van der Waals surface area contributed by atoms with Gasteiger partial charge in [0.05, 0.1) is 0 Å². The van der Waals surface area contributed by atoms with Gasteiger partial charge in [-0.25, -0.2) is 0 Å². The summed E-state index contributed by atoms with van der Waals surface area (Å²) in [4.78, 5) is 0. The third kappa shape index (κ3) is 2.84. The molecule has 1 rings (SSSR count). The van der Waals surface area contributed by atoms with Gasteiger partial charge in [-0.1, -0.05) is 25.5 Å². The number of hydrogen-bond acceptors (Lipinski definition) is 1. The first-order valence-electron chi connectivity index (χ1n) is 5.43. The summed E-state index contributed by atoms with van der Waals surface area (Å²) in [5.74, 6) is 2.29. The van der Waals surface area contributed by atoms with E-state index in [4.69, 9.17) is 5.11 Å². The molecule has 76 valence electrons. The maximum atomic E-state index is 8.81. The molecular weight excluding hydrogens is 160 g/mol. The van der Waals surface area contributed by atoms with Crippen molar-refractivity contribution in [2.45, 2.75) is 40.0 Å². The Hall–Kier alpha value is -0.300. The van der Waals surface area contributed by atoms with Crippen molar-refractivity contribution in [3.63, 3.8) is 0 Å². The van der Waals surface area contributed by atoms with E-state index in [1.54, 1.807) is 5.57 Å². The maximum absolute atomic E-state index is 8.81. The van der Waals surface area contributed by atoms with Crippen molar-refractivity contribution in [1.82, 2.24) is 0 Å². The van der Waals surface area contributed by atoms with E-state index in [1.165, 1.54) is 12.8 Å². The van der Waals surface area contributed by atoms with Crippen LogP contribution in [-0.2, 0) is 0 Å². The van der Waals surface area contributed by atoms with Crippen LogP contribution in [0.3, 0.4) is 0 Å². The normalized spacial score (nSPS) is 34.5. The first kappa shape index (κ1) is 10.8. The van der Waals surface area contributed by atoms with Gasteiger partial charge >= 0.3 is 0 Å². The number of hydrogen-bond donors (Lipinski definition) is 1. The summed E-state index contributed by atoms with van der Waals surface area (Å²) in [6.07, 6.45) is 5.80. The molecule has 0 amide bonds. The van der Waals surface area contributed by atoms with Gasteiger partial charge in [-0.3, -0.25) is 0 Å². The summed E-state index contributed by atoms with van der Waals surface area (Å²) in [7, 11) is 0. The fourth-order valence-electron chi connectivity index (χ4n) is 2.69. The van der Waals surface area contributed by atoms with Crippen molar-refractivity contribution in [3.8, 4) is 0 Å². The molecule has 1 aliphatic rings. The van der Waals surface area contributed by atoms with Crippen LogP contribution in [0.15, 0.2) is 11.6 Å². The molecule has 0 aromatic rings. The molecule has 0 saturated heterocycles. The molecule has 0 bridgehead atoms. The van der Waals surface area contributed by atoms with E-state index < -0.39 is 0 Å². The van der Waals surface area contributed by atoms with Gasteiger partial charge in [0, 0.05) is 6.61 Å². The lowest BCUT2D eigenvalue weighted by Crippen LogP contribution is -2.23. The van der Waals surface area contributed by atoms with Crippen molar-refractivity contribution in [2.24, 2.45) is 17.8 Å². The minimum absolute atomic E-state index is 0.346. The van der Waals surface area contributed by atoms with Gasteiger partial charge in [0.2, 0.25) is 0 Å². The highest BCUT2D eigenvalue weighted by molar-refractivity contribution is 5.07. The topological polar surface area (TPSA) is 20.2 Å². The number of aliphatic hydroxyl groups is 1. The molecule has 1 heteroatoms. The van der Waals surface area contributed by atoms with E-state index in [0.29, 0.717) is 12.5 Å². The summed E-state index contributed by atoms with van der Waals surface area (Å²) < 4.78 is 0. The average Bonchev–Trinajstić information content (AvgIpc) is 2.02. The van der Waals surface area contributed by atoms with Gasteiger partial charge in [0.1, 0.15) is 0 Å². The number of allylic oxidation sites excluding steroid dienone is 2. The Kier molecular flexibility index (Phi) is 3.98. The van der Waals surface area contributed by atoms with Gasteiger partial charge < -0.3 is 5.11 Å². The van der Waals surface area contributed by atoms with Crippen LogP contribution in [-0.4, -0.2) is 11.7 Å². The summed E-state index contributed by atoms with van der Waals surface area (Å²) >= 11 is 0. The minimum Gasteiger partial charge on any atom is -0.396 e. The Morgan fingerprint density at radius 3 is 2.69 bits per heavy atom. The SMILES string of the molecule is CC1=CC(C)C(CCCO)C(C)C1. The van der Waals surface area contributed by atoms with E-state index in [2.05, 4.69) is 26.8 Å². The van der Waals surface area contributed by atoms with Gasteiger partial charge in [-0.05, 0) is 43.9 Å². The van der Waals surface area contributed by atoms with Crippen molar-refractivity contribution in [2.75, 3.05) is 6.61 Å². The highest BCUT2D eigenvalue weighted by Gasteiger charge is 2.25. The summed E-state index contributed by atoms with van der Waals surface area (Å²) in [6.45, 7) is 7.23. The monoisotopic (exact) mass is 182 g/mol. The van der Waals surface area contributed by atoms with Crippen molar-refractivity contribution in [1.29, 1.82) is 0 Å². The fourth-order valence-corrected chi connectivity index (χ4v) is 2.69. The molecule has 3 atom stereocenters. The van der Waals surface area contributed by atoms with Crippen LogP contribution < -0.4 is 0 Å². The van der Waals surface area contributed by atoms with Crippen LogP contribution in [0, 0.1) is 17.8 Å². The van der Waals surface area contributed by atoms with Crippen molar-refractivity contribution < 1.29 is 5.11 Å². The van der Waals surface area contributed by atoms with Crippen LogP contribution >= 0.6 is 0 Å². The molecule has 3 unspecified atom stereocenters. The lowest BCUT2D eigenvalue weighted by atomic mass is 9.73. The zero-order valence-electron chi connectivity index (χ0n) is 9.09. The molecule has 0 radical (unpaired) electrons. The van der Waals surface area contributed by atoms with Gasteiger partial charge in [-0.15, -0.1) is 0 Å². The average molecular weight is 182 g/mol. The number of aliphatic hydroxyl groups excluding tert-OH is 1. The zero-order valence-corrected chi connectivity index (χ0v) is 9.09. The molecule has 1 N–H and O–H groups in total. The maximum Gasteiger partial charge on any atom is 0.0431 e. The molecule has 0 aromatic heterocycles. The predicted molar refractivity (Wildman–Crippen MR) is 56.5 cm³/mol. The first-order valence-corrected chi connectivity index (χ1v) is 5.43. The molecule has 0 aliphatic heterocycles. The Balaban J connectivity index is 2.53. The summed E-state index contributed by atoms with van der Waals surface area (Å²) in [6, 6.07) is 0. The Labute approximate surface area is 81.9 Å². The van der Waals surface area contributed by atoms with Gasteiger partial charge in [0.15, 0.2) is 0 Å². The van der Waals surface area contributed by atoms with Crippen molar-refractivity contribution >= 4 is 0 Å². The Morgan fingerprint density at radius 2 is 2.15 bits per heavy atom. The zero-order chi connectivity index (χ0) is 9.84. The third-order valence-electron chi connectivity index (χ3n) is 3.29. The van der Waals surface area contributed by atoms with Crippen LogP contribution in [0.1, 0.15) is 40.0 Å². The highest BCUT2D eigenvalue weighted by Crippen LogP contribution is 2.35. The van der Waals surface area contributed by atoms with Crippen LogP contribution in [0.2, 0.25) is 0 Å². The largest absolute Gasteiger partial charge is 0.396 e. The highest BCUT2D eigenvalue weighted by atomic mass is 16.2. The Morgan fingerprint density at radius 1 is 1.46 bits per heavy atom. The smallest absolute Gasteiger partial charge is 0.0431 e. The van der Waals surface area contributed by atoms with E-state index in [1.807, 2.05) is 0 Å². The molecular formula is C12H22O. The third-order valence-corrected chi connectivity index (χ3v) is 3.29. The molecule has 0 saturated carbocycles. The molecule has 0 spiro atoms. The molecule has 0 heterocycles. The van der Waals surface area contributed by atoms with Crippen LogP contribution in [0.5, 0.6) is 0 Å². The lowest BCUT2D eigenvalue weighted by Gasteiger charge is -2.33. The summed E-state index contributed by atoms with van der Waals surface area (Å²) in [5.41, 5.74) is 1.54. The molecule has 1 nitrogen and oxygen atoms in total. The molecule has 1 aliphatic carbocycles. The van der Waals surface area contributed by atoms with E-state index in [0.717, 1.165) is 18.3 Å². The van der Waals surface area contributed by atoms with Crippen molar-refractivity contribution in [3.05, 3.63) is 11.6 Å². The van der Waals surface area contributed by atoms with E-state index in [9.17, 15) is 0 Å². The quantitative estimate of drug-likeness (QED) is 0.665. The van der Waals surface area contributed by atoms with Crippen LogP contribution in [0.25, 0.3) is 0 Å². The second kappa shape index (κ2) is 4.80. The second-order valence-electron chi connectivity index (χ2n) is 4.58. The second-order valence-corrected chi connectivity index (χ2v) is 4.58. The van der Waals surface area contributed by atoms with E-state index >= 15 is 0 Å². The lowest BCUT2D eigenvalue weighted by molar-refractivity contribution is 0.215. The van der Waals surface area contributed by atoms with Gasteiger partial charge in [0.25, 0.3) is 0 Å². The molecule has 0 fully saturated rings. The number of rotatable bonds is 3. The molecule has 0 aromatic carbocycles. The van der Waals surface area contributed by atoms with Crippen LogP contribution in [0.4, 0.5) is 0 Å². The molecule has 13 heavy (non-hydrogen) atoms. The fraction of sp³-hybridized carbons (Fsp3) is 0.833. The minimum atomic E-state index is 0.346.